The van der Waals surface area contributed by atoms with Crippen molar-refractivity contribution in [1.29, 1.82) is 0 Å². The molecule has 0 rings (SSSR count). The summed E-state index contributed by atoms with van der Waals surface area (Å²) in [5.74, 6) is 0. The maximum Gasteiger partial charge on any atom is 2.00 e. The van der Waals surface area contributed by atoms with Gasteiger partial charge in [0.25, 0.3) is 0 Å². The average Bonchev–Trinajstić information content (AvgIpc) is 0. The minimum absolute atomic E-state index is 0. The first-order valence-electron chi connectivity index (χ1n) is 0. The molecule has 0 radical (unpaired) electrons. The molecule has 0 atom stereocenters. The molecule has 0 aliphatic heterocycles. The number of hydrogen-bond acceptors (Lipinski definition) is 2. The van der Waals surface area contributed by atoms with Crippen molar-refractivity contribution >= 4 is 0 Å². The van der Waals surface area contributed by atoms with Crippen LogP contribution < -0.4 is 37.1 Å². The van der Waals surface area contributed by atoms with Gasteiger partial charge in [-0.2, -0.15) is 0 Å². The zero-order valence-corrected chi connectivity index (χ0v) is 7.36. The average molecular weight is 170 g/mol. The van der Waals surface area contributed by atoms with Crippen LogP contribution in [0.25, 0.3) is 0 Å². The molecule has 0 bridgehead atoms. The predicted octanol–water partition coefficient (Wildman–Crippen LogP) is -5.67. The van der Waals surface area contributed by atoms with Crippen LogP contribution in [-0.2, 0) is 19.5 Å². The van der Waals surface area contributed by atoms with Gasteiger partial charge in [0, 0.05) is 0 Å². The van der Waals surface area contributed by atoms with Gasteiger partial charge in [0.1, 0.15) is 0 Å². The first-order chi connectivity index (χ1) is 0. The fourth-order valence-corrected chi connectivity index (χ4v) is 0. The molecular formula is H6Cl2N2Zn. The topological polar surface area (TPSA) is 70.0 Å². The van der Waals surface area contributed by atoms with E-state index in [2.05, 4.69) is 0 Å². The molecule has 0 spiro atoms. The first-order valence-corrected chi connectivity index (χ1v) is 0. The van der Waals surface area contributed by atoms with E-state index in [0.717, 1.165) is 0 Å². The third-order valence-corrected chi connectivity index (χ3v) is 0. The smallest absolute Gasteiger partial charge is 1.00 e. The summed E-state index contributed by atoms with van der Waals surface area (Å²) < 4.78 is 0. The molecule has 0 saturated heterocycles. The SMILES string of the molecule is N.N.[Cl-].[Cl-].[Zn+2]. The van der Waals surface area contributed by atoms with Crippen LogP contribution in [0.5, 0.6) is 0 Å². The van der Waals surface area contributed by atoms with E-state index in [-0.39, 0.29) is 56.6 Å². The zero-order valence-electron chi connectivity index (χ0n) is 2.88. The number of rotatable bonds is 0. The van der Waals surface area contributed by atoms with Crippen molar-refractivity contribution in [1.82, 2.24) is 12.3 Å². The van der Waals surface area contributed by atoms with Gasteiger partial charge in [0.2, 0.25) is 0 Å². The van der Waals surface area contributed by atoms with Crippen LogP contribution >= 0.6 is 0 Å². The van der Waals surface area contributed by atoms with Crippen molar-refractivity contribution in [3.8, 4) is 0 Å². The molecule has 0 unspecified atom stereocenters. The molecule has 0 saturated carbocycles. The molecule has 5 heteroatoms. The standard InChI is InChI=1S/2ClH.2H3N.Zn/h2*1H;2*1H3;/q;;;;+2/p-2. The quantitative estimate of drug-likeness (QED) is 0.356. The second-order valence-corrected chi connectivity index (χ2v) is 0. The molecule has 0 aromatic rings. The molecule has 0 aromatic heterocycles. The summed E-state index contributed by atoms with van der Waals surface area (Å²) >= 11 is 0. The van der Waals surface area contributed by atoms with Gasteiger partial charge >= 0.3 is 19.5 Å². The summed E-state index contributed by atoms with van der Waals surface area (Å²) in [4.78, 5) is 0. The Bertz CT molecular complexity index is 7.61. The van der Waals surface area contributed by atoms with Crippen LogP contribution in [0.15, 0.2) is 0 Å². The van der Waals surface area contributed by atoms with Gasteiger partial charge in [0.15, 0.2) is 0 Å². The van der Waals surface area contributed by atoms with Crippen molar-refractivity contribution in [2.24, 2.45) is 0 Å². The summed E-state index contributed by atoms with van der Waals surface area (Å²) in [5.41, 5.74) is 0. The van der Waals surface area contributed by atoms with Crippen molar-refractivity contribution in [2.45, 2.75) is 0 Å². The zero-order chi connectivity index (χ0) is 0. The Morgan fingerprint density at radius 3 is 0.600 bits per heavy atom. The first kappa shape index (κ1) is 127. The molecule has 6 N–H and O–H groups in total. The Balaban J connectivity index is 0. The Hall–Kier alpha value is 1.12. The minimum Gasteiger partial charge on any atom is -1.00 e. The third kappa shape index (κ3) is 39.6. The van der Waals surface area contributed by atoms with E-state index in [1.165, 1.54) is 0 Å². The fraction of sp³-hybridized carbons (Fsp3) is 0. The van der Waals surface area contributed by atoms with Crippen molar-refractivity contribution in [2.75, 3.05) is 0 Å². The van der Waals surface area contributed by atoms with Gasteiger partial charge in [0.05, 0.1) is 0 Å². The van der Waals surface area contributed by atoms with Gasteiger partial charge in [-0.15, -0.1) is 0 Å². The Morgan fingerprint density at radius 1 is 0.600 bits per heavy atom. The van der Waals surface area contributed by atoms with Gasteiger partial charge < -0.3 is 37.1 Å². The van der Waals surface area contributed by atoms with E-state index >= 15 is 0 Å². The van der Waals surface area contributed by atoms with E-state index in [1.54, 1.807) is 0 Å². The molecule has 0 amide bonds. The van der Waals surface area contributed by atoms with E-state index in [1.807, 2.05) is 0 Å². The van der Waals surface area contributed by atoms with Crippen LogP contribution in [0.2, 0.25) is 0 Å². The van der Waals surface area contributed by atoms with Gasteiger partial charge in [-0.25, -0.2) is 0 Å². The normalized spacial score (nSPS) is 0. The van der Waals surface area contributed by atoms with Gasteiger partial charge in [-0.3, -0.25) is 0 Å². The van der Waals surface area contributed by atoms with Crippen LogP contribution in [-0.4, -0.2) is 0 Å². The maximum atomic E-state index is 0. The third-order valence-electron chi connectivity index (χ3n) is 0. The van der Waals surface area contributed by atoms with Crippen molar-refractivity contribution in [3.05, 3.63) is 0 Å². The molecule has 0 aliphatic carbocycles. The number of halogens is 2. The summed E-state index contributed by atoms with van der Waals surface area (Å²) in [6.07, 6.45) is 0. The molecular weight excluding hydrogens is 164 g/mol. The Kier molecular flexibility index (Phi) is 1760. The monoisotopic (exact) mass is 168 g/mol. The van der Waals surface area contributed by atoms with Gasteiger partial charge in [-0.05, 0) is 0 Å². The molecule has 0 fully saturated rings. The van der Waals surface area contributed by atoms with Crippen LogP contribution in [0.4, 0.5) is 0 Å². The van der Waals surface area contributed by atoms with Crippen LogP contribution in [0.1, 0.15) is 0 Å². The van der Waals surface area contributed by atoms with E-state index in [9.17, 15) is 0 Å². The molecule has 2 nitrogen and oxygen atoms in total. The predicted molar refractivity (Wildman–Crippen MR) is 10.0 cm³/mol. The second-order valence-electron chi connectivity index (χ2n) is 0. The van der Waals surface area contributed by atoms with Crippen molar-refractivity contribution < 1.29 is 44.3 Å². The van der Waals surface area contributed by atoms with Gasteiger partial charge in [-0.1, -0.05) is 0 Å². The molecule has 0 heterocycles. The summed E-state index contributed by atoms with van der Waals surface area (Å²) in [7, 11) is 0. The van der Waals surface area contributed by atoms with Crippen LogP contribution in [0.3, 0.4) is 0 Å². The second kappa shape index (κ2) is 69.0. The maximum absolute atomic E-state index is 0. The van der Waals surface area contributed by atoms with Crippen LogP contribution in [0, 0.1) is 0 Å². The van der Waals surface area contributed by atoms with E-state index < -0.39 is 0 Å². The summed E-state index contributed by atoms with van der Waals surface area (Å²) in [6.45, 7) is 0. The molecule has 0 aromatic carbocycles. The minimum atomic E-state index is 0. The Morgan fingerprint density at radius 2 is 0.600 bits per heavy atom. The Labute approximate surface area is 56.8 Å². The molecule has 32 valence electrons. The summed E-state index contributed by atoms with van der Waals surface area (Å²) in [6, 6.07) is 0. The number of hydrogen-bond donors (Lipinski definition) is 2. The summed E-state index contributed by atoms with van der Waals surface area (Å²) in [5, 5.41) is 0. The largest absolute Gasteiger partial charge is 2.00 e. The fourth-order valence-electron chi connectivity index (χ4n) is 0. The van der Waals surface area contributed by atoms with E-state index in [4.69, 9.17) is 0 Å². The van der Waals surface area contributed by atoms with E-state index in [0.29, 0.717) is 0 Å². The molecule has 5 heavy (non-hydrogen) atoms. The molecule has 0 aliphatic rings. The van der Waals surface area contributed by atoms with Crippen molar-refractivity contribution in [3.63, 3.8) is 0 Å².